The normalized spacial score (nSPS) is 17.8. The van der Waals surface area contributed by atoms with Crippen LogP contribution >= 0.6 is 0 Å². The van der Waals surface area contributed by atoms with Crippen LogP contribution < -0.4 is 15.2 Å². The average Bonchev–Trinajstić information content (AvgIpc) is 3.01. The monoisotopic (exact) mass is 693 g/mol. The summed E-state index contributed by atoms with van der Waals surface area (Å²) in [4.78, 5) is 11.3. The zero-order chi connectivity index (χ0) is 37.0. The maximum absolute atomic E-state index is 11.3. The maximum Gasteiger partial charge on any atom is 0.331 e. The molecule has 0 heterocycles. The molecule has 1 aromatic carbocycles. The van der Waals surface area contributed by atoms with Gasteiger partial charge in [-0.3, -0.25) is 0 Å². The number of hydrogen-bond donors (Lipinski definition) is 2. The number of carbonyl (C=O) groups is 1. The first-order valence-corrected chi connectivity index (χ1v) is 19.3. The first-order chi connectivity index (χ1) is 22.3. The summed E-state index contributed by atoms with van der Waals surface area (Å²) in [6.07, 6.45) is 6.13. The molecular weight excluding hydrogens is 630 g/mol. The number of carboxylic acid groups (broad SMARTS) is 1. The van der Waals surface area contributed by atoms with E-state index in [9.17, 15) is 9.90 Å². The molecule has 0 aliphatic rings. The molecule has 11 heteroatoms. The van der Waals surface area contributed by atoms with E-state index in [4.69, 9.17) is 38.6 Å². The molecule has 0 radical (unpaired) electrons. The van der Waals surface area contributed by atoms with E-state index in [0.29, 0.717) is 23.6 Å². The van der Waals surface area contributed by atoms with E-state index >= 15 is 0 Å². The van der Waals surface area contributed by atoms with Gasteiger partial charge in [0.2, 0.25) is 0 Å². The minimum atomic E-state index is -2.26. The number of anilines is 1. The highest BCUT2D eigenvalue weighted by molar-refractivity contribution is 6.74. The molecule has 1 rings (SSSR count). The molecule has 3 N–H and O–H groups in total. The Balaban J connectivity index is 3.50. The molecule has 1 aromatic rings. The number of carboxylic acids is 1. The molecule has 0 spiro atoms. The third-order valence-electron chi connectivity index (χ3n) is 9.46. The Morgan fingerprint density at radius 1 is 0.958 bits per heavy atom. The van der Waals surface area contributed by atoms with Crippen molar-refractivity contribution >= 4 is 20.0 Å². The van der Waals surface area contributed by atoms with E-state index in [1.807, 2.05) is 19.1 Å². The third kappa shape index (κ3) is 11.7. The standard InChI is InChI=1S/C37H63NO9Si/c1-23(36(39)40)17-16-18-30(42-9)34(47-48(14,15)37(5,6)7)25(3)19-24(2)33(45-12)31(43-10)20-26(4)32(44-11)28-21-27(41-8)22-29(38)35(28)46-13/h16-19,21-22,24,26,30-34H,20,38H2,1-15H3,(H,39,40)/b18-16-,23-17+,25-19+/t24-,26-,30-,31-,32+,33+,34-/m0/s1. The lowest BCUT2D eigenvalue weighted by atomic mass is 9.86. The predicted molar refractivity (Wildman–Crippen MR) is 195 cm³/mol. The van der Waals surface area contributed by atoms with E-state index < -0.39 is 26.5 Å². The van der Waals surface area contributed by atoms with Gasteiger partial charge in [0.25, 0.3) is 0 Å². The quantitative estimate of drug-likeness (QED) is 0.0463. The molecule has 0 unspecified atom stereocenters. The van der Waals surface area contributed by atoms with Crippen molar-refractivity contribution in [2.24, 2.45) is 11.8 Å². The highest BCUT2D eigenvalue weighted by atomic mass is 28.4. The van der Waals surface area contributed by atoms with Gasteiger partial charge in [-0.15, -0.1) is 0 Å². The van der Waals surface area contributed by atoms with Crippen LogP contribution in [0.25, 0.3) is 0 Å². The van der Waals surface area contributed by atoms with Crippen molar-refractivity contribution in [2.45, 2.75) is 104 Å². The van der Waals surface area contributed by atoms with Gasteiger partial charge >= 0.3 is 5.97 Å². The summed E-state index contributed by atoms with van der Waals surface area (Å²) in [7, 11) is 7.63. The van der Waals surface area contributed by atoms with Crippen LogP contribution in [-0.2, 0) is 28.2 Å². The van der Waals surface area contributed by atoms with Crippen molar-refractivity contribution in [3.63, 3.8) is 0 Å². The summed E-state index contributed by atoms with van der Waals surface area (Å²) >= 11 is 0. The average molecular weight is 694 g/mol. The van der Waals surface area contributed by atoms with E-state index in [-0.39, 0.29) is 40.8 Å². The Labute approximate surface area is 290 Å². The minimum Gasteiger partial charge on any atom is -0.497 e. The van der Waals surface area contributed by atoms with Crippen LogP contribution in [0.2, 0.25) is 18.1 Å². The smallest absolute Gasteiger partial charge is 0.331 e. The Morgan fingerprint density at radius 2 is 1.58 bits per heavy atom. The second-order valence-corrected chi connectivity index (χ2v) is 18.7. The Morgan fingerprint density at radius 3 is 2.04 bits per heavy atom. The van der Waals surface area contributed by atoms with Crippen molar-refractivity contribution in [3.8, 4) is 11.5 Å². The highest BCUT2D eigenvalue weighted by Crippen LogP contribution is 2.42. The lowest BCUT2D eigenvalue weighted by Crippen LogP contribution is -2.47. The first-order valence-electron chi connectivity index (χ1n) is 16.4. The van der Waals surface area contributed by atoms with Gasteiger partial charge in [0.1, 0.15) is 17.6 Å². The summed E-state index contributed by atoms with van der Waals surface area (Å²) in [5.41, 5.74) is 8.78. The number of benzene rings is 1. The fourth-order valence-electron chi connectivity index (χ4n) is 5.64. The minimum absolute atomic E-state index is 0.0183. The van der Waals surface area contributed by atoms with E-state index in [1.54, 1.807) is 67.8 Å². The van der Waals surface area contributed by atoms with Gasteiger partial charge in [0.15, 0.2) is 8.32 Å². The van der Waals surface area contributed by atoms with Gasteiger partial charge in [-0.05, 0) is 56.0 Å². The number of aliphatic carboxylic acids is 1. The molecule has 0 saturated heterocycles. The fourth-order valence-corrected chi connectivity index (χ4v) is 6.95. The van der Waals surface area contributed by atoms with Gasteiger partial charge in [-0.25, -0.2) is 4.79 Å². The summed E-state index contributed by atoms with van der Waals surface area (Å²) < 4.78 is 42.3. The largest absolute Gasteiger partial charge is 0.497 e. The number of allylic oxidation sites excluding steroid dienone is 2. The van der Waals surface area contributed by atoms with Crippen LogP contribution in [0, 0.1) is 11.8 Å². The number of methoxy groups -OCH3 is 6. The van der Waals surface area contributed by atoms with Crippen molar-refractivity contribution < 1.29 is 42.7 Å². The number of nitrogens with two attached hydrogens (primary N) is 1. The van der Waals surface area contributed by atoms with Crippen LogP contribution in [0.1, 0.15) is 66.6 Å². The van der Waals surface area contributed by atoms with Crippen molar-refractivity contribution in [1.82, 2.24) is 0 Å². The number of hydrogen-bond acceptors (Lipinski definition) is 9. The number of ether oxygens (including phenoxy) is 6. The van der Waals surface area contributed by atoms with E-state index in [2.05, 4.69) is 53.8 Å². The van der Waals surface area contributed by atoms with Crippen LogP contribution in [0.3, 0.4) is 0 Å². The number of nitrogen functional groups attached to an aromatic ring is 1. The second kappa shape index (κ2) is 19.5. The molecule has 0 amide bonds. The first kappa shape index (κ1) is 43.3. The molecule has 0 aromatic heterocycles. The summed E-state index contributed by atoms with van der Waals surface area (Å²) in [6.45, 7) is 18.8. The molecule has 48 heavy (non-hydrogen) atoms. The van der Waals surface area contributed by atoms with Gasteiger partial charge < -0.3 is 43.7 Å². The molecule has 0 saturated carbocycles. The Kier molecular flexibility index (Phi) is 17.6. The molecule has 7 atom stereocenters. The highest BCUT2D eigenvalue weighted by Gasteiger charge is 2.41. The lowest BCUT2D eigenvalue weighted by Gasteiger charge is -2.41. The van der Waals surface area contributed by atoms with Gasteiger partial charge in [0, 0.05) is 51.6 Å². The lowest BCUT2D eigenvalue weighted by molar-refractivity contribution is -0.132. The SMILES string of the molecule is COc1cc(N)c(OC)c([C@H](OC)[C@@H](C)C[C@H](OC)[C@H](OC)[C@@H](C)/C=C(\C)[C@H](O[Si](C)(C)C(C)(C)C)[C@H](/C=C\C=C(/C)C(=O)O)OC)c1. The molecular formula is C37H63NO9Si. The molecule has 0 fully saturated rings. The van der Waals surface area contributed by atoms with E-state index in [1.165, 1.54) is 0 Å². The topological polar surface area (TPSA) is 128 Å². The summed E-state index contributed by atoms with van der Waals surface area (Å²) in [5.74, 6) is 0.119. The maximum atomic E-state index is 11.3. The Bertz CT molecular complexity index is 1250. The van der Waals surface area contributed by atoms with Crippen LogP contribution in [0.5, 0.6) is 11.5 Å². The van der Waals surface area contributed by atoms with Gasteiger partial charge in [-0.2, -0.15) is 0 Å². The Hall–Kier alpha value is -2.67. The van der Waals surface area contributed by atoms with Gasteiger partial charge in [0.05, 0.1) is 44.3 Å². The number of rotatable bonds is 20. The summed E-state index contributed by atoms with van der Waals surface area (Å²) in [6, 6.07) is 3.63. The fraction of sp³-hybridized carbons (Fsp3) is 0.649. The van der Waals surface area contributed by atoms with E-state index in [0.717, 1.165) is 11.1 Å². The third-order valence-corrected chi connectivity index (χ3v) is 13.9. The molecule has 0 aliphatic heterocycles. The second-order valence-electron chi connectivity index (χ2n) is 14.0. The van der Waals surface area contributed by atoms with Crippen molar-refractivity contribution in [3.05, 3.63) is 53.1 Å². The van der Waals surface area contributed by atoms with Crippen LogP contribution in [0.4, 0.5) is 5.69 Å². The molecule has 274 valence electrons. The van der Waals surface area contributed by atoms with Crippen molar-refractivity contribution in [1.29, 1.82) is 0 Å². The molecule has 0 aliphatic carbocycles. The van der Waals surface area contributed by atoms with Crippen molar-refractivity contribution in [2.75, 3.05) is 48.4 Å². The molecule has 10 nitrogen and oxygen atoms in total. The summed E-state index contributed by atoms with van der Waals surface area (Å²) in [5, 5.41) is 9.25. The zero-order valence-electron chi connectivity index (χ0n) is 32.0. The van der Waals surface area contributed by atoms with Gasteiger partial charge in [-0.1, -0.05) is 58.9 Å². The van der Waals surface area contributed by atoms with Crippen LogP contribution in [0.15, 0.2) is 47.6 Å². The molecule has 0 bridgehead atoms. The predicted octanol–water partition coefficient (Wildman–Crippen LogP) is 7.60. The zero-order valence-corrected chi connectivity index (χ0v) is 33.0. The van der Waals surface area contributed by atoms with Crippen LogP contribution in [-0.4, -0.2) is 86.5 Å².